The second kappa shape index (κ2) is 6.56. The maximum absolute atomic E-state index is 5.55. The van der Waals surface area contributed by atoms with Crippen LogP contribution in [-0.4, -0.2) is 32.1 Å². The summed E-state index contributed by atoms with van der Waals surface area (Å²) in [4.78, 5) is 4.41. The molecule has 0 unspecified atom stereocenters. The van der Waals surface area contributed by atoms with Crippen LogP contribution in [0.15, 0.2) is 67.0 Å². The van der Waals surface area contributed by atoms with Crippen molar-refractivity contribution < 1.29 is 4.74 Å². The van der Waals surface area contributed by atoms with Crippen LogP contribution in [0.2, 0.25) is 0 Å². The van der Waals surface area contributed by atoms with Crippen molar-refractivity contribution in [1.29, 1.82) is 0 Å². The molecule has 1 N–H and O–H groups in total. The Morgan fingerprint density at radius 1 is 1.04 bits per heavy atom. The Labute approximate surface area is 144 Å². The van der Waals surface area contributed by atoms with Gasteiger partial charge in [-0.05, 0) is 22.1 Å². The third kappa shape index (κ3) is 2.87. The van der Waals surface area contributed by atoms with E-state index < -0.39 is 0 Å². The fraction of sp³-hybridized carbons (Fsp3) is 0.111. The van der Waals surface area contributed by atoms with E-state index in [0.717, 1.165) is 16.9 Å². The number of nitrogens with zero attached hydrogens (tertiary/aromatic N) is 5. The highest BCUT2D eigenvalue weighted by molar-refractivity contribution is 5.63. The number of nitrogens with one attached hydrogen (secondary N) is 1. The van der Waals surface area contributed by atoms with E-state index in [1.165, 1.54) is 0 Å². The van der Waals surface area contributed by atoms with Crippen LogP contribution >= 0.6 is 0 Å². The van der Waals surface area contributed by atoms with E-state index in [4.69, 9.17) is 4.74 Å². The minimum atomic E-state index is -0.159. The van der Waals surface area contributed by atoms with Crippen LogP contribution < -0.4 is 10.1 Å². The summed E-state index contributed by atoms with van der Waals surface area (Å²) >= 11 is 0. The lowest BCUT2D eigenvalue weighted by atomic mass is 9.98. The van der Waals surface area contributed by atoms with Crippen molar-refractivity contribution >= 4 is 11.5 Å². The second-order valence-electron chi connectivity index (χ2n) is 5.45. The van der Waals surface area contributed by atoms with Crippen LogP contribution in [0.1, 0.15) is 17.2 Å². The van der Waals surface area contributed by atoms with Crippen LogP contribution in [0.4, 0.5) is 5.82 Å². The van der Waals surface area contributed by atoms with Crippen LogP contribution in [0, 0.1) is 0 Å². The fourth-order valence-electron chi connectivity index (χ4n) is 2.81. The monoisotopic (exact) mass is 332 g/mol. The van der Waals surface area contributed by atoms with E-state index in [-0.39, 0.29) is 6.04 Å². The molecule has 2 aromatic carbocycles. The Balaban J connectivity index is 1.82. The predicted molar refractivity (Wildman–Crippen MR) is 93.5 cm³/mol. The summed E-state index contributed by atoms with van der Waals surface area (Å²) in [6.07, 6.45) is 3.37. The molecule has 0 saturated carbocycles. The highest BCUT2D eigenvalue weighted by Gasteiger charge is 2.20. The smallest absolute Gasteiger partial charge is 0.221 e. The molecule has 0 aliphatic heterocycles. The molecule has 4 aromatic rings. The van der Waals surface area contributed by atoms with Crippen molar-refractivity contribution in [3.8, 4) is 5.75 Å². The number of fused-ring (bicyclic) bond motifs is 1. The Hall–Kier alpha value is -3.48. The topological polar surface area (TPSA) is 77.2 Å². The van der Waals surface area contributed by atoms with E-state index in [2.05, 4.69) is 38.0 Å². The molecule has 0 aliphatic carbocycles. The van der Waals surface area contributed by atoms with Gasteiger partial charge >= 0.3 is 0 Å². The molecular formula is C18H16N6O. The van der Waals surface area contributed by atoms with Crippen molar-refractivity contribution in [2.24, 2.45) is 0 Å². The molecule has 1 atom stereocenters. The standard InChI is InChI=1S/C18H16N6O/c1-25-15-10-6-5-9-14(15)16(13-7-3-2-4-8-13)20-17-18-21-22-23-24(18)12-11-19-17/h2-12,16H,1H3,(H,19,20)/t16-/m1/s1. The molecule has 7 nitrogen and oxygen atoms in total. The first-order valence-corrected chi connectivity index (χ1v) is 7.84. The first kappa shape index (κ1) is 15.1. The lowest BCUT2D eigenvalue weighted by Gasteiger charge is -2.22. The van der Waals surface area contributed by atoms with Gasteiger partial charge in [0.25, 0.3) is 0 Å². The first-order chi connectivity index (χ1) is 12.4. The maximum atomic E-state index is 5.55. The lowest BCUT2D eigenvalue weighted by molar-refractivity contribution is 0.408. The number of methoxy groups -OCH3 is 1. The summed E-state index contributed by atoms with van der Waals surface area (Å²) in [5.74, 6) is 1.41. The first-order valence-electron chi connectivity index (χ1n) is 7.84. The quantitative estimate of drug-likeness (QED) is 0.605. The van der Waals surface area contributed by atoms with Crippen LogP contribution in [0.25, 0.3) is 5.65 Å². The Morgan fingerprint density at radius 3 is 2.68 bits per heavy atom. The van der Waals surface area contributed by atoms with Crippen LogP contribution in [0.5, 0.6) is 5.75 Å². The van der Waals surface area contributed by atoms with E-state index >= 15 is 0 Å². The van der Waals surface area contributed by atoms with Gasteiger partial charge in [-0.2, -0.15) is 4.52 Å². The number of ether oxygens (including phenoxy) is 1. The molecule has 0 spiro atoms. The van der Waals surface area contributed by atoms with Crippen LogP contribution in [-0.2, 0) is 0 Å². The van der Waals surface area contributed by atoms with Crippen molar-refractivity contribution in [2.45, 2.75) is 6.04 Å². The molecule has 0 fully saturated rings. The van der Waals surface area contributed by atoms with Gasteiger partial charge < -0.3 is 10.1 Å². The number of rotatable bonds is 5. The number of anilines is 1. The number of para-hydroxylation sites is 1. The van der Waals surface area contributed by atoms with Gasteiger partial charge in [0, 0.05) is 11.8 Å². The molecule has 124 valence electrons. The van der Waals surface area contributed by atoms with E-state index in [1.807, 2.05) is 42.5 Å². The largest absolute Gasteiger partial charge is 0.496 e. The van der Waals surface area contributed by atoms with E-state index in [9.17, 15) is 0 Å². The zero-order valence-electron chi connectivity index (χ0n) is 13.6. The number of hydrogen-bond donors (Lipinski definition) is 1. The van der Waals surface area contributed by atoms with Crippen molar-refractivity contribution in [2.75, 3.05) is 12.4 Å². The summed E-state index contributed by atoms with van der Waals surface area (Å²) in [5, 5.41) is 15.1. The fourth-order valence-corrected chi connectivity index (χ4v) is 2.81. The SMILES string of the molecule is COc1ccccc1[C@H](Nc1nccn2nnnc12)c1ccccc1. The van der Waals surface area contributed by atoms with Gasteiger partial charge in [-0.3, -0.25) is 0 Å². The van der Waals surface area contributed by atoms with Gasteiger partial charge in [0.15, 0.2) is 5.82 Å². The second-order valence-corrected chi connectivity index (χ2v) is 5.45. The third-order valence-electron chi connectivity index (χ3n) is 3.98. The van der Waals surface area contributed by atoms with Crippen LogP contribution in [0.3, 0.4) is 0 Å². The average molecular weight is 332 g/mol. The van der Waals surface area contributed by atoms with Crippen molar-refractivity contribution in [1.82, 2.24) is 25.0 Å². The highest BCUT2D eigenvalue weighted by atomic mass is 16.5. The molecule has 25 heavy (non-hydrogen) atoms. The van der Waals surface area contributed by atoms with Gasteiger partial charge in [0.05, 0.1) is 19.3 Å². The van der Waals surface area contributed by atoms with E-state index in [1.54, 1.807) is 24.0 Å². The Morgan fingerprint density at radius 2 is 1.84 bits per heavy atom. The number of tetrazole rings is 1. The molecule has 2 aromatic heterocycles. The average Bonchev–Trinajstić information content (AvgIpc) is 3.16. The Bertz CT molecular complexity index is 985. The van der Waals surface area contributed by atoms with Gasteiger partial charge in [-0.25, -0.2) is 4.98 Å². The van der Waals surface area contributed by atoms with Gasteiger partial charge in [-0.1, -0.05) is 48.5 Å². The molecule has 2 heterocycles. The summed E-state index contributed by atoms with van der Waals surface area (Å²) < 4.78 is 7.13. The number of benzene rings is 2. The molecule has 0 bridgehead atoms. The predicted octanol–water partition coefficient (Wildman–Crippen LogP) is 2.73. The number of hydrogen-bond acceptors (Lipinski definition) is 6. The minimum absolute atomic E-state index is 0.159. The zero-order chi connectivity index (χ0) is 17.1. The van der Waals surface area contributed by atoms with Crippen molar-refractivity contribution in [3.63, 3.8) is 0 Å². The minimum Gasteiger partial charge on any atom is -0.496 e. The maximum Gasteiger partial charge on any atom is 0.221 e. The zero-order valence-corrected chi connectivity index (χ0v) is 13.6. The molecule has 4 rings (SSSR count). The molecule has 0 aliphatic rings. The Kier molecular flexibility index (Phi) is 3.96. The summed E-state index contributed by atoms with van der Waals surface area (Å²) in [6, 6.07) is 17.9. The van der Waals surface area contributed by atoms with Gasteiger partial charge in [-0.15, -0.1) is 5.10 Å². The molecular weight excluding hydrogens is 316 g/mol. The van der Waals surface area contributed by atoms with E-state index in [0.29, 0.717) is 11.5 Å². The molecule has 7 heteroatoms. The lowest BCUT2D eigenvalue weighted by Crippen LogP contribution is -2.15. The molecule has 0 amide bonds. The number of aromatic nitrogens is 5. The van der Waals surface area contributed by atoms with Gasteiger partial charge in [0.1, 0.15) is 5.75 Å². The molecule has 0 saturated heterocycles. The normalized spacial score (nSPS) is 12.0. The summed E-state index contributed by atoms with van der Waals surface area (Å²) in [7, 11) is 1.67. The highest BCUT2D eigenvalue weighted by Crippen LogP contribution is 2.32. The van der Waals surface area contributed by atoms with Gasteiger partial charge in [0.2, 0.25) is 5.65 Å². The summed E-state index contributed by atoms with van der Waals surface area (Å²) in [5.41, 5.74) is 2.66. The third-order valence-corrected chi connectivity index (χ3v) is 3.98. The summed E-state index contributed by atoms with van der Waals surface area (Å²) in [6.45, 7) is 0. The molecule has 0 radical (unpaired) electrons. The van der Waals surface area contributed by atoms with Crippen molar-refractivity contribution in [3.05, 3.63) is 78.1 Å².